The van der Waals surface area contributed by atoms with Gasteiger partial charge in [-0.2, -0.15) is 0 Å². The lowest BCUT2D eigenvalue weighted by Gasteiger charge is -2.24. The van der Waals surface area contributed by atoms with Crippen molar-refractivity contribution in [3.63, 3.8) is 0 Å². The SMILES string of the molecule is CC(C)OP(C)([O-])=S.CC[NH+](CC)CC. The molecule has 0 saturated carbocycles. The van der Waals surface area contributed by atoms with Crippen LogP contribution in [0.1, 0.15) is 34.6 Å². The first-order chi connectivity index (χ1) is 6.76. The Hall–Kier alpha value is 0.530. The quantitative estimate of drug-likeness (QED) is 0.733. The van der Waals surface area contributed by atoms with E-state index >= 15 is 0 Å². The van der Waals surface area contributed by atoms with Gasteiger partial charge in [-0.1, -0.05) is 11.8 Å². The van der Waals surface area contributed by atoms with E-state index in [1.54, 1.807) is 4.90 Å². The van der Waals surface area contributed by atoms with E-state index in [0.29, 0.717) is 0 Å². The van der Waals surface area contributed by atoms with Crippen LogP contribution in [0.2, 0.25) is 0 Å². The summed E-state index contributed by atoms with van der Waals surface area (Å²) in [5.74, 6) is 0. The van der Waals surface area contributed by atoms with Gasteiger partial charge < -0.3 is 14.3 Å². The predicted molar refractivity (Wildman–Crippen MR) is 69.0 cm³/mol. The summed E-state index contributed by atoms with van der Waals surface area (Å²) in [6.07, 6.45) is -0.0247. The Morgan fingerprint density at radius 3 is 1.53 bits per heavy atom. The fraction of sp³-hybridized carbons (Fsp3) is 1.00. The van der Waals surface area contributed by atoms with Crippen LogP contribution < -0.4 is 9.79 Å². The maximum absolute atomic E-state index is 10.6. The van der Waals surface area contributed by atoms with Crippen molar-refractivity contribution in [2.45, 2.75) is 40.7 Å². The number of rotatable bonds is 5. The van der Waals surface area contributed by atoms with Crippen molar-refractivity contribution >= 4 is 18.3 Å². The van der Waals surface area contributed by atoms with Crippen LogP contribution in [0.25, 0.3) is 0 Å². The molecule has 0 aromatic heterocycles. The molecule has 15 heavy (non-hydrogen) atoms. The molecule has 1 N–H and O–H groups in total. The first-order valence-electron chi connectivity index (χ1n) is 5.57. The van der Waals surface area contributed by atoms with Gasteiger partial charge in [0, 0.05) is 0 Å². The van der Waals surface area contributed by atoms with Gasteiger partial charge >= 0.3 is 0 Å². The Bertz CT molecular complexity index is 173. The van der Waals surface area contributed by atoms with Gasteiger partial charge in [0.05, 0.1) is 25.7 Å². The van der Waals surface area contributed by atoms with Crippen LogP contribution in [0.3, 0.4) is 0 Å². The molecule has 0 amide bonds. The van der Waals surface area contributed by atoms with Gasteiger partial charge in [0.15, 0.2) is 0 Å². The maximum Gasteiger partial charge on any atom is 0.0742 e. The minimum atomic E-state index is -2.64. The predicted octanol–water partition coefficient (Wildman–Crippen LogP) is 0.642. The second-order valence-electron chi connectivity index (χ2n) is 3.74. The summed E-state index contributed by atoms with van der Waals surface area (Å²) in [5.41, 5.74) is 0. The van der Waals surface area contributed by atoms with Crippen molar-refractivity contribution < 1.29 is 14.3 Å². The summed E-state index contributed by atoms with van der Waals surface area (Å²) in [6.45, 7) is 12.9. The van der Waals surface area contributed by atoms with Gasteiger partial charge in [0.1, 0.15) is 0 Å². The van der Waals surface area contributed by atoms with Crippen LogP contribution >= 0.6 is 6.49 Å². The van der Waals surface area contributed by atoms with Gasteiger partial charge in [-0.15, -0.1) is 0 Å². The van der Waals surface area contributed by atoms with E-state index < -0.39 is 6.49 Å². The lowest BCUT2D eigenvalue weighted by atomic mass is 10.5. The standard InChI is InChI=1S/C6H15N.C4H11O2PS/c1-4-7(5-2)6-3;1-4(2)6-7(3,5)8/h4-6H2,1-3H3;4H,1-3H3,(H,5,8). The average molecular weight is 255 g/mol. The molecular formula is C10H26NO2PS. The molecule has 3 nitrogen and oxygen atoms in total. The first kappa shape index (κ1) is 17.9. The highest BCUT2D eigenvalue weighted by atomic mass is 32.5. The van der Waals surface area contributed by atoms with E-state index in [2.05, 4.69) is 32.6 Å². The van der Waals surface area contributed by atoms with Gasteiger partial charge in [-0.25, -0.2) is 0 Å². The van der Waals surface area contributed by atoms with Crippen molar-refractivity contribution in [1.29, 1.82) is 0 Å². The van der Waals surface area contributed by atoms with Crippen molar-refractivity contribution in [2.75, 3.05) is 26.3 Å². The largest absolute Gasteiger partial charge is 0.801 e. The first-order valence-corrected chi connectivity index (χ1v) is 8.65. The van der Waals surface area contributed by atoms with Gasteiger partial charge in [0.25, 0.3) is 0 Å². The Morgan fingerprint density at radius 1 is 1.20 bits per heavy atom. The Kier molecular flexibility index (Phi) is 11.6. The van der Waals surface area contributed by atoms with Gasteiger partial charge in [-0.3, -0.25) is 0 Å². The fourth-order valence-corrected chi connectivity index (χ4v) is 2.42. The molecular weight excluding hydrogens is 229 g/mol. The molecule has 0 heterocycles. The molecule has 94 valence electrons. The molecule has 0 bridgehead atoms. The molecule has 0 aromatic carbocycles. The van der Waals surface area contributed by atoms with E-state index in [-0.39, 0.29) is 6.10 Å². The second-order valence-corrected chi connectivity index (χ2v) is 7.48. The minimum absolute atomic E-state index is 0.0247. The van der Waals surface area contributed by atoms with E-state index in [9.17, 15) is 4.89 Å². The summed E-state index contributed by atoms with van der Waals surface area (Å²) in [4.78, 5) is 12.3. The molecule has 0 aliphatic heterocycles. The topological polar surface area (TPSA) is 36.7 Å². The molecule has 5 heteroatoms. The van der Waals surface area contributed by atoms with E-state index in [1.807, 2.05) is 13.8 Å². The maximum atomic E-state index is 10.6. The van der Waals surface area contributed by atoms with Crippen LogP contribution in [0.4, 0.5) is 0 Å². The summed E-state index contributed by atoms with van der Waals surface area (Å²) >= 11 is 4.49. The molecule has 0 aliphatic rings. The summed E-state index contributed by atoms with van der Waals surface area (Å²) in [5, 5.41) is 0. The van der Waals surface area contributed by atoms with Crippen molar-refractivity contribution in [2.24, 2.45) is 0 Å². The molecule has 1 atom stereocenters. The van der Waals surface area contributed by atoms with Crippen LogP contribution in [-0.2, 0) is 16.3 Å². The van der Waals surface area contributed by atoms with Gasteiger partial charge in [0.2, 0.25) is 0 Å². The highest BCUT2D eigenvalue weighted by Gasteiger charge is 1.95. The summed E-state index contributed by atoms with van der Waals surface area (Å²) in [7, 11) is 0. The number of quaternary nitrogens is 1. The molecule has 0 spiro atoms. The highest BCUT2D eigenvalue weighted by Crippen LogP contribution is 2.32. The average Bonchev–Trinajstić information content (AvgIpc) is 2.03. The zero-order valence-electron chi connectivity index (χ0n) is 10.9. The third-order valence-corrected chi connectivity index (χ3v) is 2.97. The van der Waals surface area contributed by atoms with E-state index in [0.717, 1.165) is 0 Å². The zero-order valence-corrected chi connectivity index (χ0v) is 12.6. The summed E-state index contributed by atoms with van der Waals surface area (Å²) < 4.78 is 4.81. The third-order valence-electron chi connectivity index (χ3n) is 1.90. The monoisotopic (exact) mass is 255 g/mol. The Balaban J connectivity index is 0. The number of hydrogen-bond acceptors (Lipinski definition) is 3. The van der Waals surface area contributed by atoms with E-state index in [1.165, 1.54) is 26.3 Å². The van der Waals surface area contributed by atoms with Crippen LogP contribution in [0, 0.1) is 0 Å². The molecule has 1 unspecified atom stereocenters. The van der Waals surface area contributed by atoms with Crippen LogP contribution in [-0.4, -0.2) is 32.4 Å². The molecule has 0 rings (SSSR count). The van der Waals surface area contributed by atoms with Crippen LogP contribution in [0.15, 0.2) is 0 Å². The molecule has 0 aromatic rings. The molecule has 0 saturated heterocycles. The van der Waals surface area contributed by atoms with Crippen molar-refractivity contribution in [1.82, 2.24) is 0 Å². The normalized spacial score (nSPS) is 14.7. The third kappa shape index (κ3) is 17.2. The molecule has 0 radical (unpaired) electrons. The highest BCUT2D eigenvalue weighted by molar-refractivity contribution is 8.08. The number of nitrogens with one attached hydrogen (secondary N) is 1. The smallest absolute Gasteiger partial charge is 0.0742 e. The zero-order chi connectivity index (χ0) is 12.5. The Morgan fingerprint density at radius 2 is 1.53 bits per heavy atom. The van der Waals surface area contributed by atoms with Crippen molar-refractivity contribution in [3.8, 4) is 0 Å². The lowest BCUT2D eigenvalue weighted by Crippen LogP contribution is -3.11. The Labute approximate surface area is 100.0 Å². The minimum Gasteiger partial charge on any atom is -0.801 e. The fourth-order valence-electron chi connectivity index (χ4n) is 1.13. The molecule has 0 fully saturated rings. The van der Waals surface area contributed by atoms with E-state index in [4.69, 9.17) is 4.52 Å². The van der Waals surface area contributed by atoms with Gasteiger partial charge in [-0.05, 0) is 47.8 Å². The number of hydrogen-bond donors (Lipinski definition) is 1. The van der Waals surface area contributed by atoms with Crippen LogP contribution in [0.5, 0.6) is 0 Å². The molecule has 0 aliphatic carbocycles. The second kappa shape index (κ2) is 9.73. The lowest BCUT2D eigenvalue weighted by molar-refractivity contribution is -0.894. The van der Waals surface area contributed by atoms with Crippen molar-refractivity contribution in [3.05, 3.63) is 0 Å². The summed E-state index contributed by atoms with van der Waals surface area (Å²) in [6, 6.07) is 0.